The average molecular weight is 967 g/mol. The average Bonchev–Trinajstić information content (AvgIpc) is 3.37. The highest BCUT2D eigenvalue weighted by Gasteiger charge is 2.38. The topological polar surface area (TPSA) is 200 Å². The smallest absolute Gasteiger partial charge is 0.326 e. The predicted molar refractivity (Wildman–Crippen MR) is 263 cm³/mol. The number of pyridine rings is 2. The van der Waals surface area contributed by atoms with Crippen molar-refractivity contribution >= 4 is 35.4 Å². The SMILES string of the molecule is Cc1c(COc2cc(OCc3cncc(C=N)c3)c(CO)cc2Cl)cccc1-c1cccc(COc2cc(OCc3cncc(C#N)c3)c(CNC(CO)(Cc3ccccc3)C(=O)O)cc2Cl)c1C. The summed E-state index contributed by atoms with van der Waals surface area (Å²) in [5, 5.41) is 51.5. The monoisotopic (exact) mass is 965 g/mol. The zero-order valence-corrected chi connectivity index (χ0v) is 39.4. The van der Waals surface area contributed by atoms with Gasteiger partial charge in [0.1, 0.15) is 61.0 Å². The van der Waals surface area contributed by atoms with Crippen LogP contribution in [0, 0.1) is 30.6 Å². The summed E-state index contributed by atoms with van der Waals surface area (Å²) >= 11 is 13.5. The summed E-state index contributed by atoms with van der Waals surface area (Å²) in [6.45, 7) is 3.60. The summed E-state index contributed by atoms with van der Waals surface area (Å²) in [6, 6.07) is 33.2. The fourth-order valence-corrected chi connectivity index (χ4v) is 8.18. The highest BCUT2D eigenvalue weighted by Crippen LogP contribution is 2.38. The van der Waals surface area contributed by atoms with E-state index in [2.05, 4.69) is 21.4 Å². The summed E-state index contributed by atoms with van der Waals surface area (Å²) in [6.07, 6.45) is 7.52. The lowest BCUT2D eigenvalue weighted by atomic mass is 9.91. The van der Waals surface area contributed by atoms with Crippen LogP contribution in [-0.2, 0) is 50.8 Å². The molecule has 0 spiro atoms. The lowest BCUT2D eigenvalue weighted by Crippen LogP contribution is -2.56. The summed E-state index contributed by atoms with van der Waals surface area (Å²) in [7, 11) is 0. The Bertz CT molecular complexity index is 3000. The van der Waals surface area contributed by atoms with Crippen LogP contribution in [0.5, 0.6) is 23.0 Å². The molecule has 7 rings (SSSR count). The first-order chi connectivity index (χ1) is 33.4. The van der Waals surface area contributed by atoms with Crippen LogP contribution in [-0.4, -0.2) is 49.6 Å². The molecule has 5 aromatic carbocycles. The summed E-state index contributed by atoms with van der Waals surface area (Å²) in [4.78, 5) is 21.0. The van der Waals surface area contributed by atoms with E-state index in [1.807, 2.05) is 68.4 Å². The molecule has 0 saturated carbocycles. The van der Waals surface area contributed by atoms with Gasteiger partial charge in [-0.25, -0.2) is 0 Å². The van der Waals surface area contributed by atoms with Crippen molar-refractivity contribution in [2.75, 3.05) is 6.61 Å². The Hall–Kier alpha value is -7.31. The van der Waals surface area contributed by atoms with Crippen molar-refractivity contribution in [1.29, 1.82) is 10.7 Å². The van der Waals surface area contributed by atoms with E-state index in [-0.39, 0.29) is 51.0 Å². The van der Waals surface area contributed by atoms with Crippen LogP contribution in [0.1, 0.15) is 61.2 Å². The molecule has 15 heteroatoms. The van der Waals surface area contributed by atoms with Crippen LogP contribution in [0.25, 0.3) is 11.1 Å². The van der Waals surface area contributed by atoms with Gasteiger partial charge < -0.3 is 39.7 Å². The number of hydrogen-bond acceptors (Lipinski definition) is 12. The molecule has 13 nitrogen and oxygen atoms in total. The lowest BCUT2D eigenvalue weighted by molar-refractivity contribution is -0.146. The third-order valence-electron chi connectivity index (χ3n) is 11.7. The molecule has 0 amide bonds. The van der Waals surface area contributed by atoms with Gasteiger partial charge in [0.05, 0.1) is 28.8 Å². The third-order valence-corrected chi connectivity index (χ3v) is 12.3. The highest BCUT2D eigenvalue weighted by atomic mass is 35.5. The van der Waals surface area contributed by atoms with E-state index in [9.17, 15) is 25.4 Å². The van der Waals surface area contributed by atoms with E-state index < -0.39 is 18.1 Å². The Morgan fingerprint density at radius 3 is 1.78 bits per heavy atom. The van der Waals surface area contributed by atoms with Crippen molar-refractivity contribution in [2.45, 2.75) is 65.4 Å². The van der Waals surface area contributed by atoms with E-state index in [1.165, 1.54) is 12.4 Å². The molecule has 2 heterocycles. The normalized spacial score (nSPS) is 11.8. The molecule has 2 aromatic heterocycles. The molecule has 0 saturated heterocycles. The van der Waals surface area contributed by atoms with Gasteiger partial charge in [-0.15, -0.1) is 0 Å². The molecule has 0 aliphatic heterocycles. The number of carboxylic acid groups (broad SMARTS) is 1. The van der Waals surface area contributed by atoms with Crippen LogP contribution < -0.4 is 24.3 Å². The second-order valence-electron chi connectivity index (χ2n) is 16.3. The molecule has 0 aliphatic rings. The van der Waals surface area contributed by atoms with Gasteiger partial charge in [-0.2, -0.15) is 5.26 Å². The first-order valence-corrected chi connectivity index (χ1v) is 22.6. The van der Waals surface area contributed by atoms with Crippen LogP contribution in [0.4, 0.5) is 0 Å². The van der Waals surface area contributed by atoms with Crippen molar-refractivity contribution in [2.24, 2.45) is 0 Å². The number of aliphatic hydroxyl groups is 2. The molecular weight excluding hydrogens is 918 g/mol. The maximum Gasteiger partial charge on any atom is 0.326 e. The number of aliphatic hydroxyl groups excluding tert-OH is 2. The summed E-state index contributed by atoms with van der Waals surface area (Å²) in [5.74, 6) is 0.249. The molecule has 0 radical (unpaired) electrons. The Labute approximate surface area is 410 Å². The van der Waals surface area contributed by atoms with Gasteiger partial charge in [0.25, 0.3) is 0 Å². The molecule has 1 unspecified atom stereocenters. The molecule has 0 fully saturated rings. The van der Waals surface area contributed by atoms with Crippen LogP contribution >= 0.6 is 23.2 Å². The standard InChI is InChI=1S/C54H49Cl2N5O8/c1-34-41(10-6-12-45(34)46-13-7-11-42(35(46)2)32-69-52-19-50(44(28-62)17-48(52)56)67-30-40-15-38(22-58)24-60-26-40)31-68-51-18-49(66-29-39-14-37(21-57)23-59-25-39)43(16-47(51)55)27-61-54(33-63,53(64)65)20-36-8-4-3-5-9-36/h3-19,22-26,58,61-63H,20,27-33H2,1-2H3,(H,64,65). The fraction of sp³-hybridized carbons (Fsp3) is 0.204. The largest absolute Gasteiger partial charge is 0.488 e. The number of nitriles is 1. The van der Waals surface area contributed by atoms with Crippen molar-refractivity contribution in [1.82, 2.24) is 15.3 Å². The van der Waals surface area contributed by atoms with E-state index in [1.54, 1.807) is 67.1 Å². The molecular formula is C54H49Cl2N5O8. The van der Waals surface area contributed by atoms with Crippen LogP contribution in [0.2, 0.25) is 10.0 Å². The second-order valence-corrected chi connectivity index (χ2v) is 17.1. The molecule has 5 N–H and O–H groups in total. The van der Waals surface area contributed by atoms with E-state index in [4.69, 9.17) is 47.6 Å². The summed E-state index contributed by atoms with van der Waals surface area (Å²) in [5.41, 5.74) is 8.24. The first kappa shape index (κ1) is 49.6. The number of aromatic nitrogens is 2. The van der Waals surface area contributed by atoms with Gasteiger partial charge in [-0.05, 0) is 77.1 Å². The van der Waals surface area contributed by atoms with Crippen molar-refractivity contribution in [3.05, 3.63) is 199 Å². The van der Waals surface area contributed by atoms with E-state index in [0.29, 0.717) is 55.8 Å². The zero-order valence-electron chi connectivity index (χ0n) is 37.8. The lowest BCUT2D eigenvalue weighted by Gasteiger charge is -2.29. The van der Waals surface area contributed by atoms with Gasteiger partial charge in [-0.3, -0.25) is 20.1 Å². The number of benzene rings is 5. The van der Waals surface area contributed by atoms with Gasteiger partial charge in [0, 0.05) is 83.9 Å². The number of carbonyl (C=O) groups is 1. The van der Waals surface area contributed by atoms with Gasteiger partial charge in [0.2, 0.25) is 0 Å². The van der Waals surface area contributed by atoms with Crippen LogP contribution in [0.15, 0.2) is 128 Å². The number of rotatable bonds is 22. The second kappa shape index (κ2) is 23.1. The summed E-state index contributed by atoms with van der Waals surface area (Å²) < 4.78 is 25.0. The molecule has 7 aromatic rings. The minimum absolute atomic E-state index is 0.0170. The fourth-order valence-electron chi connectivity index (χ4n) is 7.70. The van der Waals surface area contributed by atoms with Crippen molar-refractivity contribution in [3.63, 3.8) is 0 Å². The maximum atomic E-state index is 12.7. The Morgan fingerprint density at radius 1 is 0.681 bits per heavy atom. The Balaban J connectivity index is 1.09. The molecule has 69 heavy (non-hydrogen) atoms. The molecule has 352 valence electrons. The maximum absolute atomic E-state index is 12.7. The Morgan fingerprint density at radius 2 is 1.23 bits per heavy atom. The van der Waals surface area contributed by atoms with Crippen molar-refractivity contribution < 1.29 is 39.1 Å². The minimum atomic E-state index is -1.71. The number of nitrogens with zero attached hydrogens (tertiary/aromatic N) is 3. The minimum Gasteiger partial charge on any atom is -0.488 e. The van der Waals surface area contributed by atoms with Crippen LogP contribution in [0.3, 0.4) is 0 Å². The van der Waals surface area contributed by atoms with E-state index in [0.717, 1.165) is 44.5 Å². The molecule has 1 atom stereocenters. The van der Waals surface area contributed by atoms with Gasteiger partial charge in [0.15, 0.2) is 0 Å². The quantitative estimate of drug-likeness (QED) is 0.0404. The predicted octanol–water partition coefficient (Wildman–Crippen LogP) is 9.89. The number of hydrogen-bond donors (Lipinski definition) is 5. The number of carboxylic acids is 1. The highest BCUT2D eigenvalue weighted by molar-refractivity contribution is 6.32. The number of halogens is 2. The van der Waals surface area contributed by atoms with Gasteiger partial charge in [-0.1, -0.05) is 89.9 Å². The van der Waals surface area contributed by atoms with Crippen molar-refractivity contribution in [3.8, 4) is 40.2 Å². The zero-order chi connectivity index (χ0) is 48.9. The van der Waals surface area contributed by atoms with Gasteiger partial charge >= 0.3 is 5.97 Å². The molecule has 0 aliphatic carbocycles. The third kappa shape index (κ3) is 12.2. The van der Waals surface area contributed by atoms with E-state index >= 15 is 0 Å². The molecule has 0 bridgehead atoms. The Kier molecular flexibility index (Phi) is 16.6. The number of nitrogens with one attached hydrogen (secondary N) is 2. The number of ether oxygens (including phenoxy) is 4. The first-order valence-electron chi connectivity index (χ1n) is 21.8. The number of aliphatic carboxylic acids is 1.